The zero-order valence-corrected chi connectivity index (χ0v) is 18.3. The summed E-state index contributed by atoms with van der Waals surface area (Å²) in [5.41, 5.74) is 1.46. The van der Waals surface area contributed by atoms with Gasteiger partial charge >= 0.3 is 0 Å². The molecule has 0 saturated carbocycles. The second-order valence-electron chi connectivity index (χ2n) is 8.34. The quantitative estimate of drug-likeness (QED) is 0.653. The molecule has 0 aromatic heterocycles. The molecule has 1 saturated heterocycles. The lowest BCUT2D eigenvalue weighted by Gasteiger charge is -2.32. The maximum Gasteiger partial charge on any atom is 0.297 e. The van der Waals surface area contributed by atoms with Crippen molar-refractivity contribution in [2.75, 3.05) is 6.54 Å². The Morgan fingerprint density at radius 3 is 2.31 bits per heavy atom. The fourth-order valence-corrected chi connectivity index (χ4v) is 4.64. The molecule has 2 atom stereocenters. The van der Waals surface area contributed by atoms with Gasteiger partial charge in [0.05, 0.1) is 17.0 Å². The van der Waals surface area contributed by atoms with Crippen LogP contribution >= 0.6 is 0 Å². The third kappa shape index (κ3) is 4.70. The van der Waals surface area contributed by atoms with E-state index >= 15 is 0 Å². The molecule has 0 spiro atoms. The number of likely N-dealkylation sites (tertiary alicyclic amines) is 1. The molecule has 3 rings (SSSR count). The fraction of sp³-hybridized carbons (Fsp3) is 0.435. The predicted octanol–water partition coefficient (Wildman–Crippen LogP) is 4.48. The van der Waals surface area contributed by atoms with Crippen molar-refractivity contribution in [3.05, 3.63) is 65.7 Å². The van der Waals surface area contributed by atoms with Crippen LogP contribution in [0.1, 0.15) is 50.8 Å². The van der Waals surface area contributed by atoms with E-state index < -0.39 is 21.6 Å². The van der Waals surface area contributed by atoms with E-state index in [1.165, 1.54) is 0 Å². The van der Waals surface area contributed by atoms with Crippen LogP contribution in [0.25, 0.3) is 0 Å². The Balaban J connectivity index is 1.86. The summed E-state index contributed by atoms with van der Waals surface area (Å²) >= 11 is 0. The molecule has 6 heteroatoms. The number of amides is 1. The van der Waals surface area contributed by atoms with Gasteiger partial charge in [-0.25, -0.2) is 0 Å². The average Bonchev–Trinajstić information content (AvgIpc) is 3.11. The van der Waals surface area contributed by atoms with Gasteiger partial charge in [-0.3, -0.25) is 8.98 Å². The summed E-state index contributed by atoms with van der Waals surface area (Å²) in [6.07, 6.45) is 0.570. The van der Waals surface area contributed by atoms with Gasteiger partial charge in [-0.1, -0.05) is 68.8 Å². The number of benzene rings is 2. The minimum absolute atomic E-state index is 0.0210. The number of aryl methyl sites for hydroxylation is 1. The molecule has 0 unspecified atom stereocenters. The molecule has 0 bridgehead atoms. The number of rotatable bonds is 6. The number of carbonyl (C=O) groups is 1. The molecule has 1 aliphatic heterocycles. The van der Waals surface area contributed by atoms with E-state index in [9.17, 15) is 13.2 Å². The molecule has 0 aliphatic carbocycles. The van der Waals surface area contributed by atoms with E-state index in [4.69, 9.17) is 4.18 Å². The van der Waals surface area contributed by atoms with Crippen LogP contribution in [0.2, 0.25) is 0 Å². The van der Waals surface area contributed by atoms with Gasteiger partial charge in [0.1, 0.15) is 0 Å². The average molecular weight is 416 g/mol. The van der Waals surface area contributed by atoms with Crippen molar-refractivity contribution in [1.82, 2.24) is 4.90 Å². The van der Waals surface area contributed by atoms with E-state index in [1.54, 1.807) is 29.2 Å². The zero-order valence-electron chi connectivity index (χ0n) is 17.5. The van der Waals surface area contributed by atoms with E-state index in [-0.39, 0.29) is 23.4 Å². The fourth-order valence-electron chi connectivity index (χ4n) is 3.56. The minimum Gasteiger partial charge on any atom is -0.332 e. The van der Waals surface area contributed by atoms with Crippen molar-refractivity contribution in [3.8, 4) is 0 Å². The molecule has 1 fully saturated rings. The minimum atomic E-state index is -3.89. The first-order valence-corrected chi connectivity index (χ1v) is 11.4. The standard InChI is InChI=1S/C23H29NO4S/c1-5-23(3,4)22(25)24-16-19(15-21(24)18-9-7-6-8-10-18)28-29(26,27)20-13-11-17(2)12-14-20/h6-14,19,21H,5,15-16H2,1-4H3/t19-,21-/m0/s1. The Labute approximate surface area is 173 Å². The van der Waals surface area contributed by atoms with Gasteiger partial charge in [0.15, 0.2) is 0 Å². The molecular weight excluding hydrogens is 386 g/mol. The SMILES string of the molecule is CCC(C)(C)C(=O)N1C[C@@H](OS(=O)(=O)c2ccc(C)cc2)C[C@H]1c1ccccc1. The summed E-state index contributed by atoms with van der Waals surface area (Å²) in [5.74, 6) is 0.0210. The van der Waals surface area contributed by atoms with E-state index in [0.717, 1.165) is 11.1 Å². The first kappa shape index (κ1) is 21.5. The van der Waals surface area contributed by atoms with E-state index in [0.29, 0.717) is 12.8 Å². The molecule has 0 N–H and O–H groups in total. The van der Waals surface area contributed by atoms with Gasteiger partial charge in [-0.05, 0) is 31.0 Å². The lowest BCUT2D eigenvalue weighted by atomic mass is 9.88. The first-order chi connectivity index (χ1) is 13.6. The first-order valence-electron chi connectivity index (χ1n) is 10.00. The highest BCUT2D eigenvalue weighted by molar-refractivity contribution is 7.86. The lowest BCUT2D eigenvalue weighted by molar-refractivity contribution is -0.141. The number of hydrogen-bond acceptors (Lipinski definition) is 4. The summed E-state index contributed by atoms with van der Waals surface area (Å²) in [5, 5.41) is 0. The smallest absolute Gasteiger partial charge is 0.297 e. The highest BCUT2D eigenvalue weighted by Gasteiger charge is 2.43. The van der Waals surface area contributed by atoms with Crippen LogP contribution in [0, 0.1) is 12.3 Å². The van der Waals surface area contributed by atoms with Crippen molar-refractivity contribution in [2.45, 2.75) is 57.6 Å². The van der Waals surface area contributed by atoms with E-state index in [2.05, 4.69) is 0 Å². The second-order valence-corrected chi connectivity index (χ2v) is 9.91. The third-order valence-corrected chi connectivity index (χ3v) is 7.12. The topological polar surface area (TPSA) is 63.7 Å². The van der Waals surface area contributed by atoms with Gasteiger partial charge in [0.25, 0.3) is 10.1 Å². The van der Waals surface area contributed by atoms with E-state index in [1.807, 2.05) is 58.0 Å². The monoisotopic (exact) mass is 415 g/mol. The van der Waals surface area contributed by atoms with Gasteiger partial charge < -0.3 is 4.90 Å². The number of carbonyl (C=O) groups excluding carboxylic acids is 1. The molecule has 2 aromatic carbocycles. The summed E-state index contributed by atoms with van der Waals surface area (Å²) in [6, 6.07) is 16.1. The Kier molecular flexibility index (Phi) is 6.15. The van der Waals surface area contributed by atoms with Crippen molar-refractivity contribution in [3.63, 3.8) is 0 Å². The molecule has 156 valence electrons. The molecule has 29 heavy (non-hydrogen) atoms. The van der Waals surface area contributed by atoms with Crippen LogP contribution in [-0.4, -0.2) is 31.9 Å². The maximum atomic E-state index is 13.2. The van der Waals surface area contributed by atoms with Crippen LogP contribution < -0.4 is 0 Å². The largest absolute Gasteiger partial charge is 0.332 e. The van der Waals surface area contributed by atoms with Gasteiger partial charge in [-0.15, -0.1) is 0 Å². The molecule has 5 nitrogen and oxygen atoms in total. The van der Waals surface area contributed by atoms with Gasteiger partial charge in [0.2, 0.25) is 5.91 Å². The molecule has 2 aromatic rings. The van der Waals surface area contributed by atoms with Crippen LogP contribution in [0.3, 0.4) is 0 Å². The Morgan fingerprint density at radius 2 is 1.72 bits per heavy atom. The zero-order chi connectivity index (χ0) is 21.2. The van der Waals surface area contributed by atoms with Crippen molar-refractivity contribution in [1.29, 1.82) is 0 Å². The van der Waals surface area contributed by atoms with Crippen molar-refractivity contribution >= 4 is 16.0 Å². The molecular formula is C23H29NO4S. The van der Waals surface area contributed by atoms with Gasteiger partial charge in [-0.2, -0.15) is 8.42 Å². The number of hydrogen-bond donors (Lipinski definition) is 0. The second kappa shape index (κ2) is 8.28. The van der Waals surface area contributed by atoms with Gasteiger partial charge in [0, 0.05) is 18.4 Å². The lowest BCUT2D eigenvalue weighted by Crippen LogP contribution is -2.41. The summed E-state index contributed by atoms with van der Waals surface area (Å²) < 4.78 is 31.1. The Hall–Kier alpha value is -2.18. The molecule has 1 amide bonds. The number of nitrogens with zero attached hydrogens (tertiary/aromatic N) is 1. The van der Waals surface area contributed by atoms with Crippen LogP contribution in [-0.2, 0) is 19.1 Å². The Morgan fingerprint density at radius 1 is 1.10 bits per heavy atom. The summed E-state index contributed by atoms with van der Waals surface area (Å²) in [4.78, 5) is 15.1. The van der Waals surface area contributed by atoms with Crippen LogP contribution in [0.4, 0.5) is 0 Å². The normalized spacial score (nSPS) is 20.1. The highest BCUT2D eigenvalue weighted by Crippen LogP contribution is 2.38. The maximum absolute atomic E-state index is 13.2. The summed E-state index contributed by atoms with van der Waals surface area (Å²) in [6.45, 7) is 8.00. The highest BCUT2D eigenvalue weighted by atomic mass is 32.2. The van der Waals surface area contributed by atoms with Crippen LogP contribution in [0.5, 0.6) is 0 Å². The molecule has 1 heterocycles. The predicted molar refractivity (Wildman–Crippen MR) is 113 cm³/mol. The molecule has 1 aliphatic rings. The third-order valence-electron chi connectivity index (χ3n) is 5.74. The van der Waals surface area contributed by atoms with Crippen molar-refractivity contribution in [2.24, 2.45) is 5.41 Å². The summed E-state index contributed by atoms with van der Waals surface area (Å²) in [7, 11) is -3.89. The van der Waals surface area contributed by atoms with Crippen molar-refractivity contribution < 1.29 is 17.4 Å². The Bertz CT molecular complexity index is 952. The van der Waals surface area contributed by atoms with Crippen LogP contribution in [0.15, 0.2) is 59.5 Å². The molecule has 0 radical (unpaired) electrons.